The molecular weight excluding hydrogens is 211 g/mol. The van der Waals surface area contributed by atoms with Gasteiger partial charge in [-0.15, -0.1) is 24.8 Å². The van der Waals surface area contributed by atoms with Crippen molar-refractivity contribution in [1.82, 2.24) is 0 Å². The Labute approximate surface area is 89.9 Å². The SMILES string of the molecule is Cl.Cl.Nc1ccc(N)c(CCO)c1. The van der Waals surface area contributed by atoms with E-state index in [9.17, 15) is 0 Å². The fourth-order valence-corrected chi connectivity index (χ4v) is 0.963. The standard InChI is InChI=1S/C8H12N2O.2ClH/c9-7-1-2-8(10)6(5-7)3-4-11;;/h1-2,5,11H,3-4,9-10H2;2*1H. The Kier molecular flexibility index (Phi) is 7.81. The average Bonchev–Trinajstić information content (AvgIpc) is 1.98. The number of aliphatic hydroxyl groups excluding tert-OH is 1. The molecule has 0 heterocycles. The van der Waals surface area contributed by atoms with Crippen LogP contribution in [0.2, 0.25) is 0 Å². The van der Waals surface area contributed by atoms with E-state index in [0.29, 0.717) is 17.8 Å². The molecule has 0 saturated heterocycles. The zero-order chi connectivity index (χ0) is 8.27. The van der Waals surface area contributed by atoms with Gasteiger partial charge in [0.15, 0.2) is 0 Å². The summed E-state index contributed by atoms with van der Waals surface area (Å²) in [6.07, 6.45) is 0.566. The fraction of sp³-hybridized carbons (Fsp3) is 0.250. The van der Waals surface area contributed by atoms with Crippen molar-refractivity contribution in [3.8, 4) is 0 Å². The van der Waals surface area contributed by atoms with E-state index >= 15 is 0 Å². The highest BCUT2D eigenvalue weighted by Crippen LogP contribution is 2.15. The second kappa shape index (κ2) is 6.83. The minimum absolute atomic E-state index is 0. The lowest BCUT2D eigenvalue weighted by molar-refractivity contribution is 0.300. The van der Waals surface area contributed by atoms with Gasteiger partial charge in [-0.25, -0.2) is 0 Å². The summed E-state index contributed by atoms with van der Waals surface area (Å²) in [6, 6.07) is 5.28. The Balaban J connectivity index is 0. The summed E-state index contributed by atoms with van der Waals surface area (Å²) in [5.74, 6) is 0. The molecule has 1 aromatic rings. The van der Waals surface area contributed by atoms with Crippen LogP contribution < -0.4 is 11.5 Å². The third kappa shape index (κ3) is 4.22. The largest absolute Gasteiger partial charge is 0.399 e. The monoisotopic (exact) mass is 224 g/mol. The average molecular weight is 225 g/mol. The molecule has 0 fully saturated rings. The highest BCUT2D eigenvalue weighted by atomic mass is 35.5. The first-order valence-electron chi connectivity index (χ1n) is 3.49. The Morgan fingerprint density at radius 1 is 1.15 bits per heavy atom. The maximum atomic E-state index is 8.64. The topological polar surface area (TPSA) is 72.3 Å². The van der Waals surface area contributed by atoms with E-state index in [-0.39, 0.29) is 31.4 Å². The van der Waals surface area contributed by atoms with E-state index in [4.69, 9.17) is 16.6 Å². The maximum Gasteiger partial charge on any atom is 0.0472 e. The molecule has 0 spiro atoms. The lowest BCUT2D eigenvalue weighted by Gasteiger charge is -2.03. The van der Waals surface area contributed by atoms with Crippen LogP contribution in [0.4, 0.5) is 11.4 Å². The molecule has 0 aliphatic heterocycles. The first-order chi connectivity index (χ1) is 5.24. The van der Waals surface area contributed by atoms with Crippen LogP contribution in [-0.2, 0) is 6.42 Å². The van der Waals surface area contributed by atoms with Crippen LogP contribution >= 0.6 is 24.8 Å². The van der Waals surface area contributed by atoms with E-state index < -0.39 is 0 Å². The van der Waals surface area contributed by atoms with Crippen molar-refractivity contribution < 1.29 is 5.11 Å². The Morgan fingerprint density at radius 2 is 1.77 bits per heavy atom. The molecule has 1 rings (SSSR count). The van der Waals surface area contributed by atoms with Crippen molar-refractivity contribution in [3.63, 3.8) is 0 Å². The number of aliphatic hydroxyl groups is 1. The van der Waals surface area contributed by atoms with Crippen molar-refractivity contribution >= 4 is 36.2 Å². The van der Waals surface area contributed by atoms with Gasteiger partial charge in [-0.1, -0.05) is 0 Å². The number of hydrogen-bond acceptors (Lipinski definition) is 3. The normalized spacial score (nSPS) is 8.38. The zero-order valence-electron chi connectivity index (χ0n) is 7.06. The summed E-state index contributed by atoms with van der Waals surface area (Å²) in [6.45, 7) is 0.105. The summed E-state index contributed by atoms with van der Waals surface area (Å²) in [7, 11) is 0. The molecule has 0 bridgehead atoms. The van der Waals surface area contributed by atoms with Gasteiger partial charge in [0.2, 0.25) is 0 Å². The molecule has 76 valence electrons. The number of anilines is 2. The van der Waals surface area contributed by atoms with Crippen molar-refractivity contribution in [2.24, 2.45) is 0 Å². The number of hydrogen-bond donors (Lipinski definition) is 3. The van der Waals surface area contributed by atoms with Gasteiger partial charge in [0, 0.05) is 18.0 Å². The number of rotatable bonds is 2. The lowest BCUT2D eigenvalue weighted by Crippen LogP contribution is -1.98. The lowest BCUT2D eigenvalue weighted by atomic mass is 10.1. The Hall–Kier alpha value is -0.640. The third-order valence-corrected chi connectivity index (χ3v) is 1.55. The molecule has 0 aromatic heterocycles. The summed E-state index contributed by atoms with van der Waals surface area (Å²) in [4.78, 5) is 0. The molecule has 1 aromatic carbocycles. The van der Waals surface area contributed by atoms with Crippen LogP contribution in [0.25, 0.3) is 0 Å². The summed E-state index contributed by atoms with van der Waals surface area (Å²) in [5, 5.41) is 8.64. The predicted octanol–water partition coefficient (Wildman–Crippen LogP) is 1.23. The van der Waals surface area contributed by atoms with Crippen LogP contribution in [0, 0.1) is 0 Å². The Morgan fingerprint density at radius 3 is 2.31 bits per heavy atom. The van der Waals surface area contributed by atoms with E-state index in [1.807, 2.05) is 0 Å². The minimum atomic E-state index is 0. The van der Waals surface area contributed by atoms with Gasteiger partial charge < -0.3 is 16.6 Å². The number of halogens is 2. The highest BCUT2D eigenvalue weighted by Gasteiger charge is 1.97. The number of nitrogen functional groups attached to an aromatic ring is 2. The zero-order valence-corrected chi connectivity index (χ0v) is 8.70. The molecule has 0 aliphatic rings. The van der Waals surface area contributed by atoms with E-state index in [1.54, 1.807) is 18.2 Å². The van der Waals surface area contributed by atoms with Crippen LogP contribution in [0.1, 0.15) is 5.56 Å². The Bertz CT molecular complexity index is 256. The molecule has 5 N–H and O–H groups in total. The molecule has 0 radical (unpaired) electrons. The van der Waals surface area contributed by atoms with Crippen molar-refractivity contribution in [1.29, 1.82) is 0 Å². The molecule has 0 atom stereocenters. The fourth-order valence-electron chi connectivity index (χ4n) is 0.963. The molecular formula is C8H14Cl2N2O. The molecule has 5 heteroatoms. The van der Waals surface area contributed by atoms with Gasteiger partial charge in [0.05, 0.1) is 0 Å². The van der Waals surface area contributed by atoms with Crippen molar-refractivity contribution in [2.75, 3.05) is 18.1 Å². The summed E-state index contributed by atoms with van der Waals surface area (Å²) in [5.41, 5.74) is 13.4. The highest BCUT2D eigenvalue weighted by molar-refractivity contribution is 5.85. The number of benzene rings is 1. The molecule has 13 heavy (non-hydrogen) atoms. The molecule has 3 nitrogen and oxygen atoms in total. The first-order valence-corrected chi connectivity index (χ1v) is 3.49. The van der Waals surface area contributed by atoms with E-state index in [2.05, 4.69) is 0 Å². The first kappa shape index (κ1) is 14.9. The van der Waals surface area contributed by atoms with Gasteiger partial charge in [-0.2, -0.15) is 0 Å². The van der Waals surface area contributed by atoms with Crippen LogP contribution in [0.15, 0.2) is 18.2 Å². The second-order valence-corrected chi connectivity index (χ2v) is 2.43. The van der Waals surface area contributed by atoms with Gasteiger partial charge in [0.25, 0.3) is 0 Å². The summed E-state index contributed by atoms with van der Waals surface area (Å²) < 4.78 is 0. The van der Waals surface area contributed by atoms with Crippen LogP contribution in [0.5, 0.6) is 0 Å². The van der Waals surface area contributed by atoms with Gasteiger partial charge in [-0.05, 0) is 30.2 Å². The molecule has 0 unspecified atom stereocenters. The smallest absolute Gasteiger partial charge is 0.0472 e. The third-order valence-electron chi connectivity index (χ3n) is 1.55. The second-order valence-electron chi connectivity index (χ2n) is 2.43. The van der Waals surface area contributed by atoms with Crippen molar-refractivity contribution in [3.05, 3.63) is 23.8 Å². The predicted molar refractivity (Wildman–Crippen MR) is 60.6 cm³/mol. The number of nitrogens with two attached hydrogens (primary N) is 2. The maximum absolute atomic E-state index is 8.64. The van der Waals surface area contributed by atoms with Gasteiger partial charge in [-0.3, -0.25) is 0 Å². The molecule has 0 amide bonds. The van der Waals surface area contributed by atoms with Gasteiger partial charge >= 0.3 is 0 Å². The molecule has 0 aliphatic carbocycles. The van der Waals surface area contributed by atoms with E-state index in [0.717, 1.165) is 5.56 Å². The van der Waals surface area contributed by atoms with Crippen LogP contribution in [-0.4, -0.2) is 11.7 Å². The molecule has 0 saturated carbocycles. The quantitative estimate of drug-likeness (QED) is 0.663. The van der Waals surface area contributed by atoms with Crippen LogP contribution in [0.3, 0.4) is 0 Å². The minimum Gasteiger partial charge on any atom is -0.399 e. The van der Waals surface area contributed by atoms with Crippen molar-refractivity contribution in [2.45, 2.75) is 6.42 Å². The summed E-state index contributed by atoms with van der Waals surface area (Å²) >= 11 is 0. The van der Waals surface area contributed by atoms with E-state index in [1.165, 1.54) is 0 Å². The van der Waals surface area contributed by atoms with Gasteiger partial charge in [0.1, 0.15) is 0 Å².